The van der Waals surface area contributed by atoms with Gasteiger partial charge in [-0.2, -0.15) is 0 Å². The molecule has 2 N–H and O–H groups in total. The molecule has 0 saturated carbocycles. The SMILES string of the molecule is CC(NCC1(O)CCOCC1)c1ccccc1Cl. The highest BCUT2D eigenvalue weighted by Gasteiger charge is 2.29. The lowest BCUT2D eigenvalue weighted by atomic mass is 9.94. The smallest absolute Gasteiger partial charge is 0.0815 e. The number of hydrogen-bond acceptors (Lipinski definition) is 3. The Morgan fingerprint density at radius 2 is 2.06 bits per heavy atom. The van der Waals surface area contributed by atoms with Crippen molar-refractivity contribution in [2.75, 3.05) is 19.8 Å². The minimum absolute atomic E-state index is 0.130. The van der Waals surface area contributed by atoms with Crippen molar-refractivity contribution in [1.82, 2.24) is 5.32 Å². The molecular formula is C14H20ClNO2. The summed E-state index contributed by atoms with van der Waals surface area (Å²) in [7, 11) is 0. The average molecular weight is 270 g/mol. The number of halogens is 1. The van der Waals surface area contributed by atoms with Gasteiger partial charge in [0, 0.05) is 43.7 Å². The van der Waals surface area contributed by atoms with E-state index in [9.17, 15) is 5.11 Å². The monoisotopic (exact) mass is 269 g/mol. The van der Waals surface area contributed by atoms with E-state index in [4.69, 9.17) is 16.3 Å². The molecule has 2 rings (SSSR count). The van der Waals surface area contributed by atoms with Crippen molar-refractivity contribution in [3.05, 3.63) is 34.9 Å². The third-order valence-electron chi connectivity index (χ3n) is 3.53. The van der Waals surface area contributed by atoms with E-state index in [2.05, 4.69) is 12.2 Å². The molecule has 0 amide bonds. The Kier molecular flexibility index (Phi) is 4.62. The molecule has 1 aromatic rings. The Hall–Kier alpha value is -0.610. The molecule has 1 atom stereocenters. The highest BCUT2D eigenvalue weighted by atomic mass is 35.5. The maximum absolute atomic E-state index is 10.4. The normalized spacial score (nSPS) is 20.6. The Bertz CT molecular complexity index is 391. The van der Waals surface area contributed by atoms with E-state index >= 15 is 0 Å². The molecule has 3 nitrogen and oxygen atoms in total. The standard InChI is InChI=1S/C14H20ClNO2/c1-11(12-4-2-3-5-13(12)15)16-10-14(17)6-8-18-9-7-14/h2-5,11,16-17H,6-10H2,1H3. The first-order chi connectivity index (χ1) is 8.61. The molecule has 0 spiro atoms. The molecule has 0 aromatic heterocycles. The van der Waals surface area contributed by atoms with E-state index < -0.39 is 5.60 Å². The summed E-state index contributed by atoms with van der Waals surface area (Å²) in [6.07, 6.45) is 1.38. The number of nitrogens with one attached hydrogen (secondary N) is 1. The van der Waals surface area contributed by atoms with Crippen LogP contribution in [-0.2, 0) is 4.74 Å². The lowest BCUT2D eigenvalue weighted by Crippen LogP contribution is -2.45. The van der Waals surface area contributed by atoms with Crippen molar-refractivity contribution in [1.29, 1.82) is 0 Å². The van der Waals surface area contributed by atoms with Crippen molar-refractivity contribution >= 4 is 11.6 Å². The fourth-order valence-corrected chi connectivity index (χ4v) is 2.51. The molecule has 0 aliphatic carbocycles. The zero-order valence-corrected chi connectivity index (χ0v) is 11.4. The first-order valence-corrected chi connectivity index (χ1v) is 6.76. The van der Waals surface area contributed by atoms with Crippen molar-refractivity contribution in [3.8, 4) is 0 Å². The van der Waals surface area contributed by atoms with Gasteiger partial charge in [0.15, 0.2) is 0 Å². The summed E-state index contributed by atoms with van der Waals surface area (Å²) in [4.78, 5) is 0. The molecule has 4 heteroatoms. The molecule has 1 aliphatic heterocycles. The molecule has 1 unspecified atom stereocenters. The highest BCUT2D eigenvalue weighted by molar-refractivity contribution is 6.31. The average Bonchev–Trinajstić information content (AvgIpc) is 2.38. The maximum atomic E-state index is 10.4. The summed E-state index contributed by atoms with van der Waals surface area (Å²) in [5.74, 6) is 0. The first kappa shape index (κ1) is 13.8. The predicted molar refractivity (Wildman–Crippen MR) is 72.9 cm³/mol. The fraction of sp³-hybridized carbons (Fsp3) is 0.571. The van der Waals surface area contributed by atoms with Gasteiger partial charge >= 0.3 is 0 Å². The minimum Gasteiger partial charge on any atom is -0.388 e. The number of ether oxygens (including phenoxy) is 1. The van der Waals surface area contributed by atoms with Gasteiger partial charge in [0.25, 0.3) is 0 Å². The number of hydrogen-bond donors (Lipinski definition) is 2. The lowest BCUT2D eigenvalue weighted by Gasteiger charge is -2.33. The molecule has 1 saturated heterocycles. The molecule has 100 valence electrons. The van der Waals surface area contributed by atoms with Crippen LogP contribution in [0.15, 0.2) is 24.3 Å². The van der Waals surface area contributed by atoms with E-state index in [1.54, 1.807) is 0 Å². The number of benzene rings is 1. The van der Waals surface area contributed by atoms with Gasteiger partial charge in [-0.15, -0.1) is 0 Å². The zero-order valence-electron chi connectivity index (χ0n) is 10.7. The van der Waals surface area contributed by atoms with Crippen LogP contribution in [0.25, 0.3) is 0 Å². The van der Waals surface area contributed by atoms with Gasteiger partial charge in [0.05, 0.1) is 5.60 Å². The number of aliphatic hydroxyl groups is 1. The minimum atomic E-state index is -0.645. The summed E-state index contributed by atoms with van der Waals surface area (Å²) in [5, 5.41) is 14.5. The predicted octanol–water partition coefficient (Wildman–Crippen LogP) is 2.53. The van der Waals surface area contributed by atoms with Gasteiger partial charge in [-0.3, -0.25) is 0 Å². The molecular weight excluding hydrogens is 250 g/mol. The Labute approximate surface area is 113 Å². The summed E-state index contributed by atoms with van der Waals surface area (Å²) >= 11 is 6.15. The maximum Gasteiger partial charge on any atom is 0.0815 e. The van der Waals surface area contributed by atoms with E-state index in [1.807, 2.05) is 24.3 Å². The summed E-state index contributed by atoms with van der Waals surface area (Å²) in [5.41, 5.74) is 0.420. The summed E-state index contributed by atoms with van der Waals surface area (Å²) in [6.45, 7) is 3.91. The fourth-order valence-electron chi connectivity index (χ4n) is 2.21. The van der Waals surface area contributed by atoms with Gasteiger partial charge in [0.2, 0.25) is 0 Å². The van der Waals surface area contributed by atoms with Gasteiger partial charge in [0.1, 0.15) is 0 Å². The van der Waals surface area contributed by atoms with E-state index in [1.165, 1.54) is 0 Å². The van der Waals surface area contributed by atoms with Crippen LogP contribution in [0.3, 0.4) is 0 Å². The second-order valence-electron chi connectivity index (χ2n) is 4.96. The third kappa shape index (κ3) is 3.45. The van der Waals surface area contributed by atoms with Crippen molar-refractivity contribution in [3.63, 3.8) is 0 Å². The van der Waals surface area contributed by atoms with E-state index in [-0.39, 0.29) is 6.04 Å². The molecule has 1 aromatic carbocycles. The third-order valence-corrected chi connectivity index (χ3v) is 3.88. The quantitative estimate of drug-likeness (QED) is 0.883. The van der Waals surface area contributed by atoms with Gasteiger partial charge < -0.3 is 15.2 Å². The van der Waals surface area contributed by atoms with Gasteiger partial charge in [-0.05, 0) is 18.6 Å². The van der Waals surface area contributed by atoms with Crippen molar-refractivity contribution in [2.45, 2.75) is 31.4 Å². The molecule has 1 aliphatic rings. The highest BCUT2D eigenvalue weighted by Crippen LogP contribution is 2.24. The van der Waals surface area contributed by atoms with Crippen LogP contribution in [0.5, 0.6) is 0 Å². The van der Waals surface area contributed by atoms with E-state index in [0.717, 1.165) is 10.6 Å². The Morgan fingerprint density at radius 1 is 1.39 bits per heavy atom. The van der Waals surface area contributed by atoms with Crippen LogP contribution < -0.4 is 5.32 Å². The van der Waals surface area contributed by atoms with E-state index in [0.29, 0.717) is 32.6 Å². The summed E-state index contributed by atoms with van der Waals surface area (Å²) < 4.78 is 5.27. The van der Waals surface area contributed by atoms with Crippen LogP contribution in [0.1, 0.15) is 31.4 Å². The van der Waals surface area contributed by atoms with Gasteiger partial charge in [-0.1, -0.05) is 29.8 Å². The molecule has 0 radical (unpaired) electrons. The van der Waals surface area contributed by atoms with Crippen LogP contribution in [0.4, 0.5) is 0 Å². The first-order valence-electron chi connectivity index (χ1n) is 6.39. The van der Waals surface area contributed by atoms with Gasteiger partial charge in [-0.25, -0.2) is 0 Å². The van der Waals surface area contributed by atoms with Crippen LogP contribution in [0, 0.1) is 0 Å². The van der Waals surface area contributed by atoms with Crippen LogP contribution in [-0.4, -0.2) is 30.5 Å². The van der Waals surface area contributed by atoms with Crippen molar-refractivity contribution < 1.29 is 9.84 Å². The second-order valence-corrected chi connectivity index (χ2v) is 5.37. The molecule has 0 bridgehead atoms. The Morgan fingerprint density at radius 3 is 2.72 bits per heavy atom. The topological polar surface area (TPSA) is 41.5 Å². The lowest BCUT2D eigenvalue weighted by molar-refractivity contribution is -0.0626. The molecule has 18 heavy (non-hydrogen) atoms. The van der Waals surface area contributed by atoms with Crippen LogP contribution in [0.2, 0.25) is 5.02 Å². The van der Waals surface area contributed by atoms with Crippen molar-refractivity contribution in [2.24, 2.45) is 0 Å². The molecule has 1 fully saturated rings. The van der Waals surface area contributed by atoms with Crippen LogP contribution >= 0.6 is 11.6 Å². The largest absolute Gasteiger partial charge is 0.388 e. The zero-order chi connectivity index (χ0) is 13.0. The summed E-state index contributed by atoms with van der Waals surface area (Å²) in [6, 6.07) is 7.92. The number of rotatable bonds is 4. The Balaban J connectivity index is 1.92. The molecule has 1 heterocycles. The second kappa shape index (κ2) is 6.02.